The van der Waals surface area contributed by atoms with E-state index in [9.17, 15) is 4.79 Å². The van der Waals surface area contributed by atoms with Gasteiger partial charge in [0.25, 0.3) is 5.56 Å². The van der Waals surface area contributed by atoms with Gasteiger partial charge in [0.15, 0.2) is 5.69 Å². The quantitative estimate of drug-likeness (QED) is 0.400. The lowest BCUT2D eigenvalue weighted by Gasteiger charge is -2.04. The zero-order valence-electron chi connectivity index (χ0n) is 14.1. The molecule has 2 heterocycles. The minimum atomic E-state index is -0.323. The van der Waals surface area contributed by atoms with Crippen LogP contribution in [0.2, 0.25) is 0 Å². The first-order chi connectivity index (χ1) is 13.1. The number of nitrogens with two attached hydrogens (primary N) is 1. The van der Waals surface area contributed by atoms with Crippen LogP contribution in [0.5, 0.6) is 0 Å². The number of anilines is 1. The van der Waals surface area contributed by atoms with Crippen LogP contribution in [0.3, 0.4) is 0 Å². The summed E-state index contributed by atoms with van der Waals surface area (Å²) in [5, 5.41) is 11.9. The van der Waals surface area contributed by atoms with Crippen molar-refractivity contribution < 1.29 is 0 Å². The number of hydrogen-bond acceptors (Lipinski definition) is 4. The van der Waals surface area contributed by atoms with E-state index in [1.807, 2.05) is 36.4 Å². The Bertz CT molecular complexity index is 1470. The molecule has 0 spiro atoms. The third kappa shape index (κ3) is 2.26. The maximum Gasteiger partial charge on any atom is 0.276 e. The maximum atomic E-state index is 12.7. The van der Waals surface area contributed by atoms with Crippen molar-refractivity contribution in [2.24, 2.45) is 0 Å². The fourth-order valence-electron chi connectivity index (χ4n) is 3.41. The van der Waals surface area contributed by atoms with Crippen LogP contribution >= 0.6 is 0 Å². The van der Waals surface area contributed by atoms with Crippen molar-refractivity contribution in [3.8, 4) is 17.5 Å². The molecule has 0 aliphatic rings. The number of aromatic nitrogens is 3. The molecule has 5 aromatic rings. The SMILES string of the molecule is N#Cc1ccc2[nH]c(-c3nc4cc5ccccc5cc4[nH]c3=O)c(N)c2c1. The van der Waals surface area contributed by atoms with E-state index in [2.05, 4.69) is 21.0 Å². The number of fused-ring (bicyclic) bond motifs is 3. The summed E-state index contributed by atoms with van der Waals surface area (Å²) in [7, 11) is 0. The molecule has 0 radical (unpaired) electrons. The predicted octanol–water partition coefficient (Wildman–Crippen LogP) is 3.68. The molecule has 0 aliphatic heterocycles. The van der Waals surface area contributed by atoms with E-state index in [1.165, 1.54) is 0 Å². The Labute approximate surface area is 152 Å². The van der Waals surface area contributed by atoms with Crippen LogP contribution in [0.25, 0.3) is 44.1 Å². The molecule has 6 nitrogen and oxygen atoms in total. The van der Waals surface area contributed by atoms with Gasteiger partial charge in [-0.1, -0.05) is 24.3 Å². The molecule has 5 rings (SSSR count). The standard InChI is InChI=1S/C21H13N5O/c22-10-11-5-6-15-14(7-11)18(23)19(24-15)20-21(27)26-17-9-13-4-2-1-3-12(13)8-16(17)25-20/h1-9,24H,23H2,(H,26,27). The highest BCUT2D eigenvalue weighted by atomic mass is 16.1. The summed E-state index contributed by atoms with van der Waals surface area (Å²) in [4.78, 5) is 23.3. The number of aromatic amines is 2. The normalized spacial score (nSPS) is 11.2. The first kappa shape index (κ1) is 15.2. The Morgan fingerprint density at radius 2 is 1.74 bits per heavy atom. The number of H-pyrrole nitrogens is 2. The number of hydrogen-bond donors (Lipinski definition) is 3. The third-order valence-electron chi connectivity index (χ3n) is 4.76. The summed E-state index contributed by atoms with van der Waals surface area (Å²) >= 11 is 0. The highest BCUT2D eigenvalue weighted by molar-refractivity contribution is 6.01. The van der Waals surface area contributed by atoms with Gasteiger partial charge in [-0.3, -0.25) is 4.79 Å². The number of benzene rings is 3. The van der Waals surface area contributed by atoms with Crippen molar-refractivity contribution in [3.05, 3.63) is 70.5 Å². The molecule has 0 aliphatic carbocycles. The summed E-state index contributed by atoms with van der Waals surface area (Å²) in [5.41, 5.74) is 9.63. The molecule has 0 saturated carbocycles. The van der Waals surface area contributed by atoms with Gasteiger partial charge in [0.05, 0.1) is 34.0 Å². The fraction of sp³-hybridized carbons (Fsp3) is 0. The van der Waals surface area contributed by atoms with E-state index >= 15 is 0 Å². The highest BCUT2D eigenvalue weighted by Gasteiger charge is 2.16. The first-order valence-corrected chi connectivity index (χ1v) is 8.38. The minimum Gasteiger partial charge on any atom is -0.396 e. The summed E-state index contributed by atoms with van der Waals surface area (Å²) in [6.07, 6.45) is 0. The zero-order chi connectivity index (χ0) is 18.5. The average Bonchev–Trinajstić information content (AvgIpc) is 3.01. The number of nitrogen functional groups attached to an aromatic ring is 1. The lowest BCUT2D eigenvalue weighted by atomic mass is 10.1. The number of rotatable bonds is 1. The minimum absolute atomic E-state index is 0.227. The van der Waals surface area contributed by atoms with Gasteiger partial charge in [0.1, 0.15) is 0 Å². The molecular weight excluding hydrogens is 338 g/mol. The summed E-state index contributed by atoms with van der Waals surface area (Å²) in [6, 6.07) is 19.0. The van der Waals surface area contributed by atoms with E-state index in [1.54, 1.807) is 18.2 Å². The Morgan fingerprint density at radius 3 is 2.52 bits per heavy atom. The van der Waals surface area contributed by atoms with Gasteiger partial charge in [-0.05, 0) is 41.1 Å². The molecule has 6 heteroatoms. The van der Waals surface area contributed by atoms with Crippen molar-refractivity contribution in [1.29, 1.82) is 5.26 Å². The summed E-state index contributed by atoms with van der Waals surface area (Å²) in [5.74, 6) is 0. The van der Waals surface area contributed by atoms with E-state index < -0.39 is 0 Å². The van der Waals surface area contributed by atoms with Gasteiger partial charge in [-0.15, -0.1) is 0 Å². The molecule has 27 heavy (non-hydrogen) atoms. The molecule has 4 N–H and O–H groups in total. The number of nitriles is 1. The molecule has 0 bridgehead atoms. The van der Waals surface area contributed by atoms with E-state index in [0.29, 0.717) is 33.4 Å². The highest BCUT2D eigenvalue weighted by Crippen LogP contribution is 2.31. The van der Waals surface area contributed by atoms with Gasteiger partial charge in [0, 0.05) is 10.9 Å². The van der Waals surface area contributed by atoms with Gasteiger partial charge < -0.3 is 15.7 Å². The van der Waals surface area contributed by atoms with Crippen molar-refractivity contribution in [1.82, 2.24) is 15.0 Å². The van der Waals surface area contributed by atoms with Crippen LogP contribution in [0.4, 0.5) is 5.69 Å². The molecule has 3 aromatic carbocycles. The molecule has 0 fully saturated rings. The summed E-state index contributed by atoms with van der Waals surface area (Å²) < 4.78 is 0. The first-order valence-electron chi connectivity index (χ1n) is 8.38. The van der Waals surface area contributed by atoms with Gasteiger partial charge >= 0.3 is 0 Å². The number of nitrogens with one attached hydrogen (secondary N) is 2. The maximum absolute atomic E-state index is 12.7. The van der Waals surface area contributed by atoms with Crippen LogP contribution in [0.1, 0.15) is 5.56 Å². The largest absolute Gasteiger partial charge is 0.396 e. The van der Waals surface area contributed by atoms with Crippen LogP contribution in [0.15, 0.2) is 59.4 Å². The van der Waals surface area contributed by atoms with Crippen molar-refractivity contribution in [3.63, 3.8) is 0 Å². The Hall–Kier alpha value is -4.11. The second kappa shape index (κ2) is 5.44. The smallest absolute Gasteiger partial charge is 0.276 e. The topological polar surface area (TPSA) is 111 Å². The van der Waals surface area contributed by atoms with Crippen LogP contribution < -0.4 is 11.3 Å². The van der Waals surface area contributed by atoms with Crippen molar-refractivity contribution >= 4 is 38.4 Å². The molecule has 0 unspecified atom stereocenters. The molecule has 2 aromatic heterocycles. The van der Waals surface area contributed by atoms with Crippen LogP contribution in [0, 0.1) is 11.3 Å². The zero-order valence-corrected chi connectivity index (χ0v) is 14.1. The molecule has 128 valence electrons. The van der Waals surface area contributed by atoms with E-state index in [-0.39, 0.29) is 11.3 Å². The molecular formula is C21H13N5O. The Morgan fingerprint density at radius 1 is 0.963 bits per heavy atom. The average molecular weight is 351 g/mol. The van der Waals surface area contributed by atoms with Crippen molar-refractivity contribution in [2.45, 2.75) is 0 Å². The van der Waals surface area contributed by atoms with E-state index in [4.69, 9.17) is 11.0 Å². The second-order valence-corrected chi connectivity index (χ2v) is 6.42. The number of nitrogens with zero attached hydrogens (tertiary/aromatic N) is 2. The van der Waals surface area contributed by atoms with Gasteiger partial charge in [-0.2, -0.15) is 5.26 Å². The van der Waals surface area contributed by atoms with Gasteiger partial charge in [-0.25, -0.2) is 4.98 Å². The van der Waals surface area contributed by atoms with Crippen LogP contribution in [-0.2, 0) is 0 Å². The lowest BCUT2D eigenvalue weighted by Crippen LogP contribution is -2.12. The van der Waals surface area contributed by atoms with Crippen molar-refractivity contribution in [2.75, 3.05) is 5.73 Å². The Kier molecular flexibility index (Phi) is 3.06. The molecule has 0 saturated heterocycles. The lowest BCUT2D eigenvalue weighted by molar-refractivity contribution is 1.21. The van der Waals surface area contributed by atoms with E-state index in [0.717, 1.165) is 16.3 Å². The van der Waals surface area contributed by atoms with Gasteiger partial charge in [0.2, 0.25) is 0 Å². The second-order valence-electron chi connectivity index (χ2n) is 6.42. The molecule has 0 atom stereocenters. The Balaban J connectivity index is 1.79. The predicted molar refractivity (Wildman–Crippen MR) is 106 cm³/mol. The molecule has 0 amide bonds. The third-order valence-corrected chi connectivity index (χ3v) is 4.76. The van der Waals surface area contributed by atoms with Crippen LogP contribution in [-0.4, -0.2) is 15.0 Å². The fourth-order valence-corrected chi connectivity index (χ4v) is 3.41. The monoisotopic (exact) mass is 351 g/mol. The summed E-state index contributed by atoms with van der Waals surface area (Å²) in [6.45, 7) is 0.